The molecule has 1 rings (SSSR count). The second-order valence-electron chi connectivity index (χ2n) is 4.09. The summed E-state index contributed by atoms with van der Waals surface area (Å²) in [5, 5.41) is 5.15. The largest absolute Gasteiger partial charge is 0.352 e. The highest BCUT2D eigenvalue weighted by molar-refractivity contribution is 5.96. The zero-order valence-corrected chi connectivity index (χ0v) is 9.94. The van der Waals surface area contributed by atoms with Gasteiger partial charge in [0, 0.05) is 5.69 Å². The van der Waals surface area contributed by atoms with E-state index in [1.807, 2.05) is 32.0 Å². The van der Waals surface area contributed by atoms with Crippen molar-refractivity contribution in [1.29, 1.82) is 0 Å². The zero-order valence-electron chi connectivity index (χ0n) is 9.94. The van der Waals surface area contributed by atoms with E-state index in [-0.39, 0.29) is 11.8 Å². The normalized spacial score (nSPS) is 11.9. The quantitative estimate of drug-likeness (QED) is 0.735. The third-order valence-electron chi connectivity index (χ3n) is 2.29. The molecule has 5 heteroatoms. The van der Waals surface area contributed by atoms with Crippen LogP contribution in [-0.4, -0.2) is 18.0 Å². The fourth-order valence-corrected chi connectivity index (χ4v) is 1.43. The molecule has 0 aliphatic carbocycles. The molecule has 5 nitrogen and oxygen atoms in total. The molecule has 0 fully saturated rings. The lowest BCUT2D eigenvalue weighted by Crippen LogP contribution is -2.49. The van der Waals surface area contributed by atoms with E-state index < -0.39 is 12.1 Å². The van der Waals surface area contributed by atoms with Gasteiger partial charge in [-0.1, -0.05) is 32.0 Å². The van der Waals surface area contributed by atoms with E-state index in [1.165, 1.54) is 0 Å². The van der Waals surface area contributed by atoms with Crippen molar-refractivity contribution in [2.75, 3.05) is 5.32 Å². The highest BCUT2D eigenvalue weighted by Crippen LogP contribution is 2.08. The predicted molar refractivity (Wildman–Crippen MR) is 66.4 cm³/mol. The highest BCUT2D eigenvalue weighted by atomic mass is 16.2. The van der Waals surface area contributed by atoms with Crippen molar-refractivity contribution in [2.45, 2.75) is 19.9 Å². The Morgan fingerprint density at radius 1 is 1.18 bits per heavy atom. The van der Waals surface area contributed by atoms with E-state index in [1.54, 1.807) is 12.1 Å². The van der Waals surface area contributed by atoms with E-state index >= 15 is 0 Å². The Labute approximate surface area is 100 Å². The van der Waals surface area contributed by atoms with Gasteiger partial charge in [-0.25, -0.2) is 4.79 Å². The number of urea groups is 1. The van der Waals surface area contributed by atoms with Crippen LogP contribution in [0.15, 0.2) is 30.3 Å². The molecule has 0 aliphatic heterocycles. The van der Waals surface area contributed by atoms with Crippen molar-refractivity contribution in [3.63, 3.8) is 0 Å². The average molecular weight is 235 g/mol. The summed E-state index contributed by atoms with van der Waals surface area (Å²) in [4.78, 5) is 22.7. The van der Waals surface area contributed by atoms with Gasteiger partial charge in [0.25, 0.3) is 0 Å². The third kappa shape index (κ3) is 4.14. The van der Waals surface area contributed by atoms with Crippen LogP contribution in [-0.2, 0) is 4.79 Å². The molecule has 1 atom stereocenters. The van der Waals surface area contributed by atoms with E-state index in [9.17, 15) is 9.59 Å². The summed E-state index contributed by atoms with van der Waals surface area (Å²) < 4.78 is 0. The molecule has 1 aromatic rings. The van der Waals surface area contributed by atoms with Crippen LogP contribution in [0, 0.1) is 5.92 Å². The van der Waals surface area contributed by atoms with Crippen molar-refractivity contribution < 1.29 is 9.59 Å². The number of hydrogen-bond acceptors (Lipinski definition) is 2. The van der Waals surface area contributed by atoms with Crippen LogP contribution in [0.5, 0.6) is 0 Å². The van der Waals surface area contributed by atoms with Gasteiger partial charge in [-0.2, -0.15) is 0 Å². The van der Waals surface area contributed by atoms with Gasteiger partial charge in [0.05, 0.1) is 0 Å². The van der Waals surface area contributed by atoms with Gasteiger partial charge in [-0.3, -0.25) is 4.79 Å². The van der Waals surface area contributed by atoms with Crippen LogP contribution in [0.4, 0.5) is 10.5 Å². The number of nitrogens with two attached hydrogens (primary N) is 1. The van der Waals surface area contributed by atoms with E-state index in [0.29, 0.717) is 5.69 Å². The van der Waals surface area contributed by atoms with Gasteiger partial charge < -0.3 is 16.4 Å². The topological polar surface area (TPSA) is 84.2 Å². The van der Waals surface area contributed by atoms with Crippen LogP contribution in [0.25, 0.3) is 0 Å². The fourth-order valence-electron chi connectivity index (χ4n) is 1.43. The predicted octanol–water partition coefficient (Wildman–Crippen LogP) is 1.32. The van der Waals surface area contributed by atoms with Crippen LogP contribution in [0.2, 0.25) is 0 Å². The van der Waals surface area contributed by atoms with Crippen molar-refractivity contribution in [1.82, 2.24) is 5.32 Å². The van der Waals surface area contributed by atoms with Gasteiger partial charge in [0.15, 0.2) is 0 Å². The number of hydrogen-bond donors (Lipinski definition) is 3. The fraction of sp³-hybridized carbons (Fsp3) is 0.333. The molecule has 3 amide bonds. The summed E-state index contributed by atoms with van der Waals surface area (Å²) >= 11 is 0. The zero-order chi connectivity index (χ0) is 12.8. The Balaban J connectivity index is 2.69. The summed E-state index contributed by atoms with van der Waals surface area (Å²) in [7, 11) is 0. The molecule has 0 heterocycles. The second-order valence-corrected chi connectivity index (χ2v) is 4.09. The summed E-state index contributed by atoms with van der Waals surface area (Å²) in [6.07, 6.45) is 0. The van der Waals surface area contributed by atoms with Crippen molar-refractivity contribution in [3.05, 3.63) is 30.3 Å². The Morgan fingerprint density at radius 2 is 1.76 bits per heavy atom. The summed E-state index contributed by atoms with van der Waals surface area (Å²) in [5.74, 6) is -0.309. The molecule has 0 saturated carbocycles. The van der Waals surface area contributed by atoms with Crippen LogP contribution in [0.1, 0.15) is 13.8 Å². The van der Waals surface area contributed by atoms with Crippen LogP contribution < -0.4 is 16.4 Å². The lowest BCUT2D eigenvalue weighted by molar-refractivity contribution is -0.118. The molecule has 0 aliphatic rings. The lowest BCUT2D eigenvalue weighted by Gasteiger charge is -2.20. The maximum atomic E-state index is 11.9. The molecule has 0 aromatic heterocycles. The highest BCUT2D eigenvalue weighted by Gasteiger charge is 2.23. The van der Waals surface area contributed by atoms with Gasteiger partial charge in [-0.05, 0) is 18.1 Å². The number of primary amides is 1. The van der Waals surface area contributed by atoms with Gasteiger partial charge in [0.2, 0.25) is 5.91 Å². The van der Waals surface area contributed by atoms with Crippen LogP contribution >= 0.6 is 0 Å². The number of anilines is 1. The van der Waals surface area contributed by atoms with Crippen molar-refractivity contribution >= 4 is 17.6 Å². The molecule has 0 radical (unpaired) electrons. The Hall–Kier alpha value is -2.04. The van der Waals surface area contributed by atoms with Gasteiger partial charge in [-0.15, -0.1) is 0 Å². The molecule has 0 bridgehead atoms. The Morgan fingerprint density at radius 3 is 2.24 bits per heavy atom. The monoisotopic (exact) mass is 235 g/mol. The smallest absolute Gasteiger partial charge is 0.312 e. The van der Waals surface area contributed by atoms with Crippen LogP contribution in [0.3, 0.4) is 0 Å². The minimum absolute atomic E-state index is 0.0359. The second kappa shape index (κ2) is 5.89. The maximum absolute atomic E-state index is 11.9. The standard InChI is InChI=1S/C12H17N3O2/c1-8(2)10(15-12(13)17)11(16)14-9-6-4-3-5-7-9/h3-8,10H,1-2H3,(H,14,16)(H3,13,15,17)/t10-/m1/s1. The molecule has 0 unspecified atom stereocenters. The van der Waals surface area contributed by atoms with Gasteiger partial charge in [0.1, 0.15) is 6.04 Å². The summed E-state index contributed by atoms with van der Waals surface area (Å²) in [6, 6.07) is 7.72. The number of carbonyl (C=O) groups excluding carboxylic acids is 2. The Bertz CT molecular complexity index is 390. The molecule has 0 spiro atoms. The van der Waals surface area contributed by atoms with E-state index in [0.717, 1.165) is 0 Å². The molecular weight excluding hydrogens is 218 g/mol. The van der Waals surface area contributed by atoms with Gasteiger partial charge >= 0.3 is 6.03 Å². The average Bonchev–Trinajstić information content (AvgIpc) is 2.26. The maximum Gasteiger partial charge on any atom is 0.312 e. The Kier molecular flexibility index (Phi) is 4.51. The molecular formula is C12H17N3O2. The van der Waals surface area contributed by atoms with E-state index in [4.69, 9.17) is 5.73 Å². The van der Waals surface area contributed by atoms with Crippen molar-refractivity contribution in [3.8, 4) is 0 Å². The summed E-state index contributed by atoms with van der Waals surface area (Å²) in [6.45, 7) is 3.68. The number of benzene rings is 1. The number of carbonyl (C=O) groups is 2. The SMILES string of the molecule is CC(C)[C@@H](NC(N)=O)C(=O)Nc1ccccc1. The van der Waals surface area contributed by atoms with E-state index in [2.05, 4.69) is 10.6 Å². The third-order valence-corrected chi connectivity index (χ3v) is 2.29. The first-order chi connectivity index (χ1) is 8.00. The minimum atomic E-state index is -0.702. The number of amides is 3. The number of rotatable bonds is 4. The lowest BCUT2D eigenvalue weighted by atomic mass is 10.0. The minimum Gasteiger partial charge on any atom is -0.352 e. The van der Waals surface area contributed by atoms with Crippen molar-refractivity contribution in [2.24, 2.45) is 11.7 Å². The number of para-hydroxylation sites is 1. The summed E-state index contributed by atoms with van der Waals surface area (Å²) in [5.41, 5.74) is 5.72. The molecule has 0 saturated heterocycles. The molecule has 4 N–H and O–H groups in total. The molecule has 92 valence electrons. The molecule has 17 heavy (non-hydrogen) atoms. The number of nitrogens with one attached hydrogen (secondary N) is 2. The first-order valence-corrected chi connectivity index (χ1v) is 5.42. The first-order valence-electron chi connectivity index (χ1n) is 5.42. The first kappa shape index (κ1) is 13.0. The molecule has 1 aromatic carbocycles.